The van der Waals surface area contributed by atoms with Gasteiger partial charge in [0.2, 0.25) is 5.91 Å². The number of aromatic nitrogens is 2. The molecule has 1 aliphatic heterocycles. The third-order valence-electron chi connectivity index (χ3n) is 7.45. The number of nitrogens with zero attached hydrogens (tertiary/aromatic N) is 3. The monoisotopic (exact) mass is 651 g/mol. The summed E-state index contributed by atoms with van der Waals surface area (Å²) in [7, 11) is -4.32. The fraction of sp³-hybridized carbons (Fsp3) is 0.281. The Kier molecular flexibility index (Phi) is 10.1. The number of carbonyl (C=O) groups excluding carboxylic acids is 2. The molecule has 0 atom stereocenters. The molecule has 1 aromatic heterocycles. The Bertz CT molecular complexity index is 1810. The summed E-state index contributed by atoms with van der Waals surface area (Å²) in [5.41, 5.74) is 6.21. The summed E-state index contributed by atoms with van der Waals surface area (Å²) >= 11 is 6.18. The van der Waals surface area contributed by atoms with E-state index < -0.39 is 22.0 Å². The highest BCUT2D eigenvalue weighted by atomic mass is 35.5. The maximum absolute atomic E-state index is 13.3. The number of carbonyl (C=O) groups is 2. The van der Waals surface area contributed by atoms with Gasteiger partial charge in [-0.2, -0.15) is 13.5 Å². The van der Waals surface area contributed by atoms with Gasteiger partial charge in [-0.1, -0.05) is 41.9 Å². The van der Waals surface area contributed by atoms with Crippen LogP contribution in [-0.4, -0.2) is 53.7 Å². The van der Waals surface area contributed by atoms with Gasteiger partial charge in [-0.05, 0) is 73.2 Å². The first-order valence-electron chi connectivity index (χ1n) is 14.5. The first-order valence-corrected chi connectivity index (χ1v) is 16.5. The van der Waals surface area contributed by atoms with E-state index in [0.717, 1.165) is 52.1 Å². The van der Waals surface area contributed by atoms with Crippen LogP contribution in [-0.2, 0) is 27.9 Å². The number of nitrogens with one attached hydrogen (secondary N) is 2. The minimum Gasteiger partial charge on any atom is -0.493 e. The van der Waals surface area contributed by atoms with Crippen molar-refractivity contribution in [2.45, 2.75) is 39.2 Å². The summed E-state index contributed by atoms with van der Waals surface area (Å²) in [6.45, 7) is 3.43. The van der Waals surface area contributed by atoms with Crippen molar-refractivity contribution in [3.8, 4) is 16.9 Å². The molecule has 5 rings (SSSR count). The molecule has 0 fully saturated rings. The topological polar surface area (TPSA) is 143 Å². The highest BCUT2D eigenvalue weighted by Gasteiger charge is 2.25. The average Bonchev–Trinajstić information content (AvgIpc) is 3.47. The van der Waals surface area contributed by atoms with Gasteiger partial charge < -0.3 is 20.3 Å². The molecule has 0 spiro atoms. The van der Waals surface area contributed by atoms with Crippen molar-refractivity contribution >= 4 is 45.0 Å². The van der Waals surface area contributed by atoms with Gasteiger partial charge >= 0.3 is 6.03 Å². The van der Waals surface area contributed by atoms with Gasteiger partial charge in [0.25, 0.3) is 10.1 Å². The number of anilines is 2. The molecule has 0 unspecified atom stereocenters. The molecule has 3 aromatic carbocycles. The summed E-state index contributed by atoms with van der Waals surface area (Å²) in [6.07, 6.45) is 6.43. The summed E-state index contributed by atoms with van der Waals surface area (Å²) < 4.78 is 38.2. The number of hydrogen-bond donors (Lipinski definition) is 3. The van der Waals surface area contributed by atoms with E-state index in [1.54, 1.807) is 29.1 Å². The Morgan fingerprint density at radius 2 is 1.91 bits per heavy atom. The molecule has 45 heavy (non-hydrogen) atoms. The maximum Gasteiger partial charge on any atom is 0.320 e. The molecule has 11 nitrogen and oxygen atoms in total. The van der Waals surface area contributed by atoms with Crippen LogP contribution in [0.4, 0.5) is 16.2 Å². The molecule has 2 heterocycles. The number of amides is 3. The lowest BCUT2D eigenvalue weighted by atomic mass is 9.93. The number of urea groups is 1. The zero-order valence-corrected chi connectivity index (χ0v) is 26.3. The van der Waals surface area contributed by atoms with Gasteiger partial charge in [0, 0.05) is 46.7 Å². The lowest BCUT2D eigenvalue weighted by molar-refractivity contribution is -0.118. The third kappa shape index (κ3) is 8.41. The molecule has 0 aliphatic carbocycles. The molecule has 3 amide bonds. The molecule has 0 bridgehead atoms. The zero-order chi connectivity index (χ0) is 32.0. The van der Waals surface area contributed by atoms with Crippen molar-refractivity contribution in [3.63, 3.8) is 0 Å². The van der Waals surface area contributed by atoms with Crippen molar-refractivity contribution in [2.75, 3.05) is 29.2 Å². The Labute approximate surface area is 266 Å². The van der Waals surface area contributed by atoms with Gasteiger partial charge in [-0.25, -0.2) is 4.79 Å². The predicted molar refractivity (Wildman–Crippen MR) is 173 cm³/mol. The van der Waals surface area contributed by atoms with Crippen molar-refractivity contribution in [3.05, 3.63) is 94.8 Å². The lowest BCUT2D eigenvalue weighted by Gasteiger charge is -2.31. The SMILES string of the molecule is Cc1c(Cl)cccc1OCCCC(=O)N1CCCc2c(-c3cnn(Cc4cccc(NC(=O)NCS(=O)(=O)O)c4)c3)cccc21. The van der Waals surface area contributed by atoms with E-state index in [0.29, 0.717) is 43.2 Å². The van der Waals surface area contributed by atoms with E-state index in [9.17, 15) is 18.0 Å². The van der Waals surface area contributed by atoms with E-state index in [1.165, 1.54) is 0 Å². The summed E-state index contributed by atoms with van der Waals surface area (Å²) in [6, 6.07) is 17.9. The standard InChI is InChI=1S/C32H34ClN5O6S/c1-22-28(33)11-4-13-30(22)44-16-6-14-31(39)38-15-5-10-27-26(9-3-12-29(27)38)24-18-35-37(20-24)19-23-7-2-8-25(17-23)36-32(40)34-21-45(41,42)43/h2-4,7-9,11-13,17-18,20H,5-6,10,14-16,19,21H2,1H3,(H2,34,36,40)(H,41,42,43). The van der Waals surface area contributed by atoms with Crippen LogP contribution in [0.25, 0.3) is 11.1 Å². The average molecular weight is 652 g/mol. The van der Waals surface area contributed by atoms with Crippen LogP contribution in [0.1, 0.15) is 36.0 Å². The van der Waals surface area contributed by atoms with Crippen LogP contribution in [0.3, 0.4) is 0 Å². The predicted octanol–water partition coefficient (Wildman–Crippen LogP) is 5.67. The molecule has 13 heteroatoms. The Hall–Kier alpha value is -4.39. The van der Waals surface area contributed by atoms with Gasteiger partial charge in [0.05, 0.1) is 19.3 Å². The number of hydrogen-bond acceptors (Lipinski definition) is 6. The van der Waals surface area contributed by atoms with Crippen molar-refractivity contribution in [1.29, 1.82) is 0 Å². The normalized spacial score (nSPS) is 12.8. The van der Waals surface area contributed by atoms with Gasteiger partial charge in [0.1, 0.15) is 11.6 Å². The molecule has 0 saturated heterocycles. The second kappa shape index (κ2) is 14.1. The van der Waals surface area contributed by atoms with Crippen molar-refractivity contribution in [2.24, 2.45) is 0 Å². The van der Waals surface area contributed by atoms with Gasteiger partial charge in [0.15, 0.2) is 0 Å². The van der Waals surface area contributed by atoms with E-state index in [-0.39, 0.29) is 5.91 Å². The smallest absolute Gasteiger partial charge is 0.320 e. The highest BCUT2D eigenvalue weighted by molar-refractivity contribution is 7.85. The quantitative estimate of drug-likeness (QED) is 0.140. The largest absolute Gasteiger partial charge is 0.493 e. The molecule has 0 radical (unpaired) electrons. The first-order chi connectivity index (χ1) is 21.6. The Morgan fingerprint density at radius 1 is 1.11 bits per heavy atom. The van der Waals surface area contributed by atoms with Gasteiger partial charge in [-0.15, -0.1) is 0 Å². The molecule has 236 valence electrons. The van der Waals surface area contributed by atoms with Crippen LogP contribution >= 0.6 is 11.6 Å². The molecular weight excluding hydrogens is 618 g/mol. The minimum absolute atomic E-state index is 0.0652. The third-order valence-corrected chi connectivity index (χ3v) is 8.37. The lowest BCUT2D eigenvalue weighted by Crippen LogP contribution is -2.35. The fourth-order valence-corrected chi connectivity index (χ4v) is 5.77. The van der Waals surface area contributed by atoms with E-state index in [4.69, 9.17) is 20.9 Å². The minimum atomic E-state index is -4.32. The Morgan fingerprint density at radius 3 is 2.73 bits per heavy atom. The number of rotatable bonds is 11. The van der Waals surface area contributed by atoms with E-state index >= 15 is 0 Å². The summed E-state index contributed by atoms with van der Waals surface area (Å²) in [5, 5.41) is 9.82. The Balaban J connectivity index is 1.21. The highest BCUT2D eigenvalue weighted by Crippen LogP contribution is 2.36. The second-order valence-electron chi connectivity index (χ2n) is 10.8. The van der Waals surface area contributed by atoms with Crippen LogP contribution < -0.4 is 20.3 Å². The molecule has 4 aromatic rings. The maximum atomic E-state index is 13.3. The van der Waals surface area contributed by atoms with Crippen LogP contribution in [0, 0.1) is 6.92 Å². The number of fused-ring (bicyclic) bond motifs is 1. The summed E-state index contributed by atoms with van der Waals surface area (Å²) in [5.74, 6) is -0.0900. The zero-order valence-electron chi connectivity index (χ0n) is 24.7. The van der Waals surface area contributed by atoms with Crippen LogP contribution in [0.15, 0.2) is 73.1 Å². The molecule has 3 N–H and O–H groups in total. The molecule has 0 saturated carbocycles. The van der Waals surface area contributed by atoms with E-state index in [1.807, 2.05) is 60.5 Å². The van der Waals surface area contributed by atoms with Crippen molar-refractivity contribution < 1.29 is 27.3 Å². The molecule has 1 aliphatic rings. The fourth-order valence-electron chi connectivity index (χ4n) is 5.29. The van der Waals surface area contributed by atoms with Crippen LogP contribution in [0.2, 0.25) is 5.02 Å². The number of ether oxygens (including phenoxy) is 1. The second-order valence-corrected chi connectivity index (χ2v) is 12.6. The van der Waals surface area contributed by atoms with Crippen molar-refractivity contribution in [1.82, 2.24) is 15.1 Å². The van der Waals surface area contributed by atoms with Gasteiger partial charge in [-0.3, -0.25) is 14.0 Å². The first kappa shape index (κ1) is 32.0. The number of halogens is 1. The van der Waals surface area contributed by atoms with Crippen LogP contribution in [0.5, 0.6) is 5.75 Å². The van der Waals surface area contributed by atoms with E-state index in [2.05, 4.69) is 15.7 Å². The summed E-state index contributed by atoms with van der Waals surface area (Å²) in [4.78, 5) is 27.1. The number of benzene rings is 3. The molecular formula is C32H34ClN5O6S.